The van der Waals surface area contributed by atoms with Crippen LogP contribution in [0.5, 0.6) is 5.75 Å². The number of H-pyrrole nitrogens is 1. The molecule has 0 amide bonds. The number of anilines is 1. The molecule has 2 N–H and O–H groups in total. The van der Waals surface area contributed by atoms with Crippen LogP contribution in [0, 0.1) is 5.82 Å². The monoisotopic (exact) mass is 415 g/mol. The summed E-state index contributed by atoms with van der Waals surface area (Å²) in [5, 5.41) is 17.1. The van der Waals surface area contributed by atoms with E-state index in [4.69, 9.17) is 4.74 Å². The molecule has 0 bridgehead atoms. The van der Waals surface area contributed by atoms with E-state index in [1.54, 1.807) is 12.1 Å². The largest absolute Gasteiger partial charge is 0.484 e. The van der Waals surface area contributed by atoms with E-state index in [2.05, 4.69) is 20.2 Å². The van der Waals surface area contributed by atoms with Gasteiger partial charge in [0.05, 0.1) is 17.8 Å². The highest BCUT2D eigenvalue weighted by atomic mass is 19.1. The highest BCUT2D eigenvalue weighted by Crippen LogP contribution is 2.41. The maximum Gasteiger partial charge on any atom is 0.167 e. The number of alkyl halides is 1. The molecule has 9 heteroatoms. The summed E-state index contributed by atoms with van der Waals surface area (Å²) in [6.45, 7) is 2.41. The lowest BCUT2D eigenvalue weighted by Crippen LogP contribution is -2.44. The van der Waals surface area contributed by atoms with Gasteiger partial charge in [0.2, 0.25) is 0 Å². The van der Waals surface area contributed by atoms with Crippen molar-refractivity contribution in [1.29, 1.82) is 0 Å². The minimum absolute atomic E-state index is 0.207. The summed E-state index contributed by atoms with van der Waals surface area (Å²) in [5.74, 6) is 0.445. The van der Waals surface area contributed by atoms with Crippen LogP contribution in [-0.2, 0) is 0 Å². The molecule has 1 aromatic carbocycles. The van der Waals surface area contributed by atoms with Crippen LogP contribution in [0.15, 0.2) is 24.5 Å². The molecule has 7 nitrogen and oxygen atoms in total. The number of rotatable bonds is 5. The molecule has 1 aliphatic carbocycles. The maximum absolute atomic E-state index is 14.4. The number of aliphatic hydroxyl groups is 1. The topological polar surface area (TPSA) is 87.2 Å². The van der Waals surface area contributed by atoms with Crippen LogP contribution in [-0.4, -0.2) is 56.2 Å². The quantitative estimate of drug-likeness (QED) is 0.664. The molecule has 5 rings (SSSR count). The van der Waals surface area contributed by atoms with Crippen molar-refractivity contribution in [2.75, 3.05) is 24.6 Å². The maximum atomic E-state index is 14.4. The summed E-state index contributed by atoms with van der Waals surface area (Å²) in [5.41, 5.74) is -0.107. The van der Waals surface area contributed by atoms with Crippen molar-refractivity contribution in [3.63, 3.8) is 0 Å². The van der Waals surface area contributed by atoms with Crippen molar-refractivity contribution in [3.8, 4) is 17.1 Å². The fourth-order valence-electron chi connectivity index (χ4n) is 3.78. The molecule has 0 radical (unpaired) electrons. The van der Waals surface area contributed by atoms with Gasteiger partial charge >= 0.3 is 0 Å². The second-order valence-electron chi connectivity index (χ2n) is 8.51. The van der Waals surface area contributed by atoms with Crippen LogP contribution in [0.4, 0.5) is 14.6 Å². The van der Waals surface area contributed by atoms with Crippen LogP contribution < -0.4 is 9.64 Å². The Kier molecular flexibility index (Phi) is 4.39. The van der Waals surface area contributed by atoms with Gasteiger partial charge in [-0.1, -0.05) is 0 Å². The average Bonchev–Trinajstić information content (AvgIpc) is 3.34. The van der Waals surface area contributed by atoms with Gasteiger partial charge in [0, 0.05) is 43.5 Å². The van der Waals surface area contributed by atoms with E-state index in [1.807, 2.05) is 11.8 Å². The molecule has 0 spiro atoms. The molecule has 3 aromatic rings. The minimum atomic E-state index is -1.52. The molecule has 2 fully saturated rings. The van der Waals surface area contributed by atoms with Gasteiger partial charge in [-0.05, 0) is 25.8 Å². The normalized spacial score (nSPS) is 19.8. The summed E-state index contributed by atoms with van der Waals surface area (Å²) in [4.78, 5) is 10.6. The van der Waals surface area contributed by atoms with Crippen molar-refractivity contribution in [3.05, 3.63) is 30.3 Å². The number of nitrogens with one attached hydrogen (secondary N) is 1. The number of aromatic amines is 1. The molecule has 30 heavy (non-hydrogen) atoms. The number of hydrogen-bond acceptors (Lipinski definition) is 6. The zero-order chi connectivity index (χ0) is 20.9. The summed E-state index contributed by atoms with van der Waals surface area (Å²) in [6, 6.07) is 4.84. The zero-order valence-corrected chi connectivity index (χ0v) is 16.7. The number of piperidine rings is 1. The Balaban J connectivity index is 1.46. The number of aromatic nitrogens is 4. The highest BCUT2D eigenvalue weighted by molar-refractivity contribution is 5.93. The molecule has 2 aromatic heterocycles. The Morgan fingerprint density at radius 2 is 1.93 bits per heavy atom. The summed E-state index contributed by atoms with van der Waals surface area (Å²) in [7, 11) is 0. The van der Waals surface area contributed by atoms with E-state index in [0.29, 0.717) is 41.2 Å². The first-order valence-corrected chi connectivity index (χ1v) is 10.1. The molecular formula is C21H23F2N5O2. The number of hydrogen-bond donors (Lipinski definition) is 2. The van der Waals surface area contributed by atoms with Crippen LogP contribution in [0.2, 0.25) is 0 Å². The summed E-state index contributed by atoms with van der Waals surface area (Å²) < 4.78 is 34.6. The lowest BCUT2D eigenvalue weighted by Gasteiger charge is -2.35. The molecule has 2 aliphatic rings. The smallest absolute Gasteiger partial charge is 0.167 e. The number of nitrogens with zero attached hydrogens (tertiary/aromatic N) is 4. The van der Waals surface area contributed by atoms with Gasteiger partial charge in [0.25, 0.3) is 0 Å². The number of fused-ring (bicyclic) bond motifs is 1. The van der Waals surface area contributed by atoms with Gasteiger partial charge in [0.15, 0.2) is 11.6 Å². The van der Waals surface area contributed by atoms with Crippen LogP contribution >= 0.6 is 0 Å². The fourth-order valence-corrected chi connectivity index (χ4v) is 3.78. The first-order valence-electron chi connectivity index (χ1n) is 10.1. The number of ether oxygens (including phenoxy) is 1. The predicted molar refractivity (Wildman–Crippen MR) is 108 cm³/mol. The van der Waals surface area contributed by atoms with E-state index in [1.165, 1.54) is 12.4 Å². The van der Waals surface area contributed by atoms with Gasteiger partial charge in [0.1, 0.15) is 29.1 Å². The van der Waals surface area contributed by atoms with Crippen molar-refractivity contribution in [2.24, 2.45) is 0 Å². The lowest BCUT2D eigenvalue weighted by atomic mass is 9.94. The summed E-state index contributed by atoms with van der Waals surface area (Å²) in [6.07, 6.45) is 3.75. The van der Waals surface area contributed by atoms with Gasteiger partial charge in [-0.3, -0.25) is 5.10 Å². The Hall–Kier alpha value is -2.81. The lowest BCUT2D eigenvalue weighted by molar-refractivity contribution is 0.0480. The molecule has 1 saturated heterocycles. The Bertz CT molecular complexity index is 1090. The minimum Gasteiger partial charge on any atom is -0.484 e. The van der Waals surface area contributed by atoms with Crippen LogP contribution in [0.25, 0.3) is 22.3 Å². The van der Waals surface area contributed by atoms with Crippen LogP contribution in [0.1, 0.15) is 32.6 Å². The average molecular weight is 415 g/mol. The van der Waals surface area contributed by atoms with Gasteiger partial charge in [-0.15, -0.1) is 0 Å². The van der Waals surface area contributed by atoms with Crippen molar-refractivity contribution >= 4 is 16.7 Å². The van der Waals surface area contributed by atoms with Crippen LogP contribution in [0.3, 0.4) is 0 Å². The van der Waals surface area contributed by atoms with Gasteiger partial charge < -0.3 is 14.7 Å². The third-order valence-electron chi connectivity index (χ3n) is 6.09. The van der Waals surface area contributed by atoms with E-state index < -0.39 is 18.1 Å². The molecule has 3 heterocycles. The highest BCUT2D eigenvalue weighted by Gasteiger charge is 2.40. The second-order valence-corrected chi connectivity index (χ2v) is 8.51. The number of halogens is 2. The first-order chi connectivity index (χ1) is 14.4. The van der Waals surface area contributed by atoms with E-state index >= 15 is 0 Å². The third-order valence-corrected chi connectivity index (χ3v) is 6.09. The molecule has 0 unspecified atom stereocenters. The van der Waals surface area contributed by atoms with Gasteiger partial charge in [-0.25, -0.2) is 18.7 Å². The van der Waals surface area contributed by atoms with Crippen molar-refractivity contribution in [2.45, 2.75) is 43.9 Å². The second kappa shape index (κ2) is 6.87. The zero-order valence-electron chi connectivity index (χ0n) is 16.7. The molecule has 0 atom stereocenters. The standard InChI is InChI=1S/C21H23F2N5O2/c1-20(2-3-20)30-17-8-13-15(9-14(17)22)26-27-19(13)16-10-18(25-12-24-16)28-6-4-21(23,11-29)5-7-28/h8-10,12,29H,2-7,11H2,1H3,(H,26,27). The Labute approximate surface area is 172 Å². The third kappa shape index (κ3) is 3.47. The predicted octanol–water partition coefficient (Wildman–Crippen LogP) is 3.39. The molecule has 1 aliphatic heterocycles. The molecule has 1 saturated carbocycles. The summed E-state index contributed by atoms with van der Waals surface area (Å²) >= 11 is 0. The van der Waals surface area contributed by atoms with E-state index in [0.717, 1.165) is 12.8 Å². The van der Waals surface area contributed by atoms with Gasteiger partial charge in [-0.2, -0.15) is 5.10 Å². The number of benzene rings is 1. The van der Waals surface area contributed by atoms with Crippen molar-refractivity contribution in [1.82, 2.24) is 20.2 Å². The number of aliphatic hydroxyl groups excluding tert-OH is 1. The Morgan fingerprint density at radius 3 is 2.63 bits per heavy atom. The van der Waals surface area contributed by atoms with E-state index in [9.17, 15) is 13.9 Å². The first kappa shape index (κ1) is 19.2. The fraction of sp³-hybridized carbons (Fsp3) is 0.476. The van der Waals surface area contributed by atoms with E-state index in [-0.39, 0.29) is 24.2 Å². The molecule has 158 valence electrons. The SMILES string of the molecule is CC1(Oc2cc3c(-c4cc(N5CCC(F)(CO)CC5)ncn4)n[nH]c3cc2F)CC1. The molecular weight excluding hydrogens is 392 g/mol. The van der Waals surface area contributed by atoms with Crippen molar-refractivity contribution < 1.29 is 18.6 Å². The Morgan fingerprint density at radius 1 is 1.17 bits per heavy atom.